The van der Waals surface area contributed by atoms with Gasteiger partial charge >= 0.3 is 0 Å². The van der Waals surface area contributed by atoms with E-state index in [9.17, 15) is 28.8 Å². The minimum atomic E-state index is -1.01. The third-order valence-electron chi connectivity index (χ3n) is 12.2. The lowest BCUT2D eigenvalue weighted by atomic mass is 9.86. The van der Waals surface area contributed by atoms with Crippen LogP contribution < -0.4 is 21.1 Å². The van der Waals surface area contributed by atoms with Crippen LogP contribution in [0.25, 0.3) is 11.3 Å². The van der Waals surface area contributed by atoms with Gasteiger partial charge in [-0.25, -0.2) is 4.68 Å². The zero-order valence-electron chi connectivity index (χ0n) is 33.9. The Labute approximate surface area is 362 Å². The summed E-state index contributed by atoms with van der Waals surface area (Å²) in [5.41, 5.74) is 10.2. The van der Waals surface area contributed by atoms with Gasteiger partial charge < -0.3 is 20.7 Å². The maximum absolute atomic E-state index is 13.5. The molecule has 0 radical (unpaired) electrons. The molecule has 2 fully saturated rings. The van der Waals surface area contributed by atoms with Crippen LogP contribution in [0, 0.1) is 5.92 Å². The van der Waals surface area contributed by atoms with Crippen molar-refractivity contribution in [2.24, 2.45) is 11.7 Å². The number of hydrogen-bond acceptors (Lipinski definition) is 10. The lowest BCUT2D eigenvalue weighted by Gasteiger charge is -2.38. The second-order valence-electron chi connectivity index (χ2n) is 16.0. The number of nitrogens with one attached hydrogen (secondary N) is 2. The predicted molar refractivity (Wildman–Crippen MR) is 232 cm³/mol. The van der Waals surface area contributed by atoms with Gasteiger partial charge in [0.05, 0.1) is 23.6 Å². The van der Waals surface area contributed by atoms with Crippen molar-refractivity contribution in [3.8, 4) is 22.8 Å². The number of fused-ring (bicyclic) bond motifs is 2. The van der Waals surface area contributed by atoms with Crippen LogP contribution in [0.4, 0.5) is 5.82 Å². The molecule has 2 saturated heterocycles. The lowest BCUT2D eigenvalue weighted by molar-refractivity contribution is -0.136. The summed E-state index contributed by atoms with van der Waals surface area (Å²) in [4.78, 5) is 80.8. The smallest absolute Gasteiger partial charge is 0.263 e. The molecule has 62 heavy (non-hydrogen) atoms. The molecular formula is C47H45N7O7S. The number of likely N-dealkylation sites (tertiary alicyclic amines) is 1. The number of aromatic nitrogens is 2. The van der Waals surface area contributed by atoms with Gasteiger partial charge in [0, 0.05) is 42.3 Å². The number of thioether (sulfide) groups is 1. The summed E-state index contributed by atoms with van der Waals surface area (Å²) < 4.78 is 7.90. The molecule has 0 aliphatic carbocycles. The third kappa shape index (κ3) is 8.07. The molecule has 4 N–H and O–H groups in total. The highest BCUT2D eigenvalue weighted by Crippen LogP contribution is 2.41. The summed E-state index contributed by atoms with van der Waals surface area (Å²) in [7, 11) is 0. The average Bonchev–Trinajstić information content (AvgIpc) is 3.80. The Balaban J connectivity index is 0.779. The molecule has 1 aromatic heterocycles. The Hall–Kier alpha value is -6.74. The first-order valence-corrected chi connectivity index (χ1v) is 21.9. The number of rotatable bonds is 12. The maximum atomic E-state index is 13.5. The summed E-state index contributed by atoms with van der Waals surface area (Å²) in [6.07, 6.45) is 3.65. The predicted octanol–water partition coefficient (Wildman–Crippen LogP) is 6.02. The van der Waals surface area contributed by atoms with E-state index < -0.39 is 35.6 Å². The number of carbonyl (C=O) groups is 6. The molecule has 5 aromatic rings. The number of benzene rings is 4. The number of carbonyl (C=O) groups excluding carboxylic acids is 6. The van der Waals surface area contributed by atoms with Gasteiger partial charge in [-0.15, -0.1) is 11.8 Å². The summed E-state index contributed by atoms with van der Waals surface area (Å²) >= 11 is 1.47. The highest BCUT2D eigenvalue weighted by molar-refractivity contribution is 7.99. The molecule has 2 unspecified atom stereocenters. The minimum Gasteiger partial charge on any atom is -0.457 e. The van der Waals surface area contributed by atoms with Gasteiger partial charge in [0.15, 0.2) is 0 Å². The van der Waals surface area contributed by atoms with Crippen LogP contribution in [-0.2, 0) is 27.2 Å². The van der Waals surface area contributed by atoms with E-state index in [0.717, 1.165) is 46.6 Å². The number of aryl methyl sites for hydroxylation is 1. The normalized spacial score (nSPS) is 18.8. The lowest BCUT2D eigenvalue weighted by Crippen LogP contribution is -2.54. The van der Waals surface area contributed by atoms with Crippen LogP contribution in [0.3, 0.4) is 0 Å². The third-order valence-corrected chi connectivity index (χ3v) is 13.3. The number of nitrogens with two attached hydrogens (primary N) is 1. The van der Waals surface area contributed by atoms with Crippen molar-refractivity contribution in [3.63, 3.8) is 0 Å². The Bertz CT molecular complexity index is 2570. The quantitative estimate of drug-likeness (QED) is 0.0991. The Morgan fingerprint density at radius 1 is 0.806 bits per heavy atom. The molecular weight excluding hydrogens is 807 g/mol. The number of anilines is 1. The minimum absolute atomic E-state index is 0.0556. The van der Waals surface area contributed by atoms with Crippen molar-refractivity contribution < 1.29 is 33.5 Å². The Morgan fingerprint density at radius 3 is 2.26 bits per heavy atom. The first-order valence-electron chi connectivity index (χ1n) is 21.0. The number of nitrogens with zero attached hydrogens (tertiary/aromatic N) is 4. The van der Waals surface area contributed by atoms with Gasteiger partial charge in [0.2, 0.25) is 17.7 Å². The van der Waals surface area contributed by atoms with Crippen LogP contribution in [-0.4, -0.2) is 86.5 Å². The largest absolute Gasteiger partial charge is 0.457 e. The van der Waals surface area contributed by atoms with Crippen LogP contribution in [0.15, 0.2) is 102 Å². The molecule has 14 nitrogen and oxygen atoms in total. The number of primary amides is 1. The van der Waals surface area contributed by atoms with Crippen LogP contribution in [0.5, 0.6) is 11.5 Å². The fraction of sp³-hybridized carbons (Fsp3) is 0.298. The zero-order valence-corrected chi connectivity index (χ0v) is 34.7. The number of imide groups is 2. The summed E-state index contributed by atoms with van der Waals surface area (Å²) in [5, 5.41) is 10.6. The fourth-order valence-corrected chi connectivity index (χ4v) is 10.1. The number of amides is 6. The SMILES string of the molecule is NC(=O)c1c(-c2ccc(Oc3ccccc3)cc2)nn2c1NCCC2C1CCN(C(=O)Cc2ccc(CCSc3cccc4c3C(=O)N(C3CCC(=O)NC3=O)C4=O)cc2)CC1. The molecule has 5 heterocycles. The van der Waals surface area contributed by atoms with Crippen molar-refractivity contribution in [1.29, 1.82) is 0 Å². The van der Waals surface area contributed by atoms with Gasteiger partial charge in [-0.2, -0.15) is 5.10 Å². The van der Waals surface area contributed by atoms with Crippen LogP contribution in [0.2, 0.25) is 0 Å². The van der Waals surface area contributed by atoms with Crippen molar-refractivity contribution in [1.82, 2.24) is 24.9 Å². The molecule has 0 spiro atoms. The Kier molecular flexibility index (Phi) is 11.4. The van der Waals surface area contributed by atoms with E-state index in [1.807, 2.05) is 88.4 Å². The number of piperidine rings is 2. The first-order chi connectivity index (χ1) is 30.1. The standard InChI is InChI=1S/C47H45N7O7S/c48-43(57)41-42(31-13-15-33(16-14-31)61-32-5-2-1-3-6-32)51-54-35(19-23-49-44(41)54)30-20-24-52(25-21-30)39(56)27-29-11-9-28(10-12-29)22-26-62-37-8-4-7-34-40(37)47(60)53(46(34)59)36-17-18-38(55)50-45(36)58/h1-16,30,35-36,49H,17-27H2,(H2,48,57)(H,50,55,58). The summed E-state index contributed by atoms with van der Waals surface area (Å²) in [6, 6.07) is 29.2. The van der Waals surface area contributed by atoms with Crippen molar-refractivity contribution in [3.05, 3.63) is 125 Å². The number of para-hydroxylation sites is 1. The van der Waals surface area contributed by atoms with Crippen molar-refractivity contribution >= 4 is 53.0 Å². The molecule has 9 rings (SSSR count). The van der Waals surface area contributed by atoms with E-state index in [1.54, 1.807) is 18.2 Å². The van der Waals surface area contributed by atoms with E-state index in [0.29, 0.717) is 71.5 Å². The van der Waals surface area contributed by atoms with Crippen molar-refractivity contribution in [2.45, 2.75) is 61.9 Å². The Morgan fingerprint density at radius 2 is 1.53 bits per heavy atom. The van der Waals surface area contributed by atoms with Gasteiger partial charge in [-0.1, -0.05) is 48.5 Å². The second kappa shape index (κ2) is 17.3. The second-order valence-corrected chi connectivity index (χ2v) is 17.2. The van der Waals surface area contributed by atoms with Gasteiger partial charge in [0.25, 0.3) is 17.7 Å². The van der Waals surface area contributed by atoms with Gasteiger partial charge in [-0.05, 0) is 97.7 Å². The van der Waals surface area contributed by atoms with Gasteiger partial charge in [-0.3, -0.25) is 39.0 Å². The maximum Gasteiger partial charge on any atom is 0.263 e. The van der Waals surface area contributed by atoms with Gasteiger partial charge in [0.1, 0.15) is 34.6 Å². The molecule has 15 heteroatoms. The summed E-state index contributed by atoms with van der Waals surface area (Å²) in [5.74, 6) is 0.415. The van der Waals surface area contributed by atoms with Crippen molar-refractivity contribution in [2.75, 3.05) is 30.7 Å². The van der Waals surface area contributed by atoms with Crippen LogP contribution in [0.1, 0.15) is 80.3 Å². The monoisotopic (exact) mass is 851 g/mol. The number of ether oxygens (including phenoxy) is 1. The van der Waals surface area contributed by atoms with E-state index >= 15 is 0 Å². The van der Waals surface area contributed by atoms with E-state index in [2.05, 4.69) is 10.6 Å². The molecule has 2 atom stereocenters. The van der Waals surface area contributed by atoms with E-state index in [1.165, 1.54) is 11.8 Å². The molecule has 6 amide bonds. The number of hydrogen-bond donors (Lipinski definition) is 3. The topological polar surface area (TPSA) is 186 Å². The molecule has 0 bridgehead atoms. The average molecular weight is 852 g/mol. The molecule has 4 aromatic carbocycles. The molecule has 316 valence electrons. The molecule has 4 aliphatic rings. The molecule has 4 aliphatic heterocycles. The molecule has 0 saturated carbocycles. The first kappa shape index (κ1) is 40.7. The zero-order chi connectivity index (χ0) is 42.9. The fourth-order valence-electron chi connectivity index (χ4n) is 9.01. The summed E-state index contributed by atoms with van der Waals surface area (Å²) in [6.45, 7) is 1.97. The van der Waals surface area contributed by atoms with Crippen LogP contribution >= 0.6 is 11.8 Å². The highest BCUT2D eigenvalue weighted by atomic mass is 32.2. The highest BCUT2D eigenvalue weighted by Gasteiger charge is 2.45. The van der Waals surface area contributed by atoms with E-state index in [-0.39, 0.29) is 36.3 Å². The van der Waals surface area contributed by atoms with E-state index in [4.69, 9.17) is 15.6 Å².